The quantitative estimate of drug-likeness (QED) is 0.435. The Hall–Kier alpha value is -1.96. The van der Waals surface area contributed by atoms with Crippen LogP contribution in [0.4, 0.5) is 0 Å². The summed E-state index contributed by atoms with van der Waals surface area (Å²) in [4.78, 5) is 24.4. The number of imidazole rings is 1. The van der Waals surface area contributed by atoms with Crippen LogP contribution < -0.4 is 0 Å². The predicted octanol–water partition coefficient (Wildman–Crippen LogP) is 4.89. The molecule has 0 aliphatic rings. The molecule has 3 aromatic rings. The van der Waals surface area contributed by atoms with Gasteiger partial charge in [0.05, 0.1) is 6.54 Å². The van der Waals surface area contributed by atoms with Crippen LogP contribution in [0, 0.1) is 3.57 Å². The van der Waals surface area contributed by atoms with Crippen LogP contribution in [0.25, 0.3) is 11.2 Å². The molecular weight excluding hydrogens is 451 g/mol. The predicted molar refractivity (Wildman–Crippen MR) is 117 cm³/mol. The van der Waals surface area contributed by atoms with Gasteiger partial charge in [0.1, 0.15) is 11.3 Å². The SMILES string of the molecule is CCCCN(Cc1nc2cccnc2n1CCC)C(=O)c1cccc(I)c1. The number of carbonyl (C=O) groups excluding carboxylic acids is 1. The van der Waals surface area contributed by atoms with Crippen molar-refractivity contribution in [3.05, 3.63) is 57.6 Å². The maximum atomic E-state index is 13.2. The van der Waals surface area contributed by atoms with Crippen LogP contribution in [0.2, 0.25) is 0 Å². The molecule has 0 aliphatic heterocycles. The molecule has 5 nitrogen and oxygen atoms in total. The Kier molecular flexibility index (Phi) is 6.82. The Morgan fingerprint density at radius 2 is 2.04 bits per heavy atom. The number of hydrogen-bond donors (Lipinski definition) is 0. The minimum Gasteiger partial charge on any atom is -0.331 e. The summed E-state index contributed by atoms with van der Waals surface area (Å²) in [5.74, 6) is 0.964. The fourth-order valence-electron chi connectivity index (χ4n) is 3.16. The van der Waals surface area contributed by atoms with E-state index >= 15 is 0 Å². The number of unbranched alkanes of at least 4 members (excludes halogenated alkanes) is 1. The molecule has 0 spiro atoms. The zero-order valence-electron chi connectivity index (χ0n) is 15.9. The summed E-state index contributed by atoms with van der Waals surface area (Å²) in [6.07, 6.45) is 4.81. The molecule has 0 bridgehead atoms. The summed E-state index contributed by atoms with van der Waals surface area (Å²) < 4.78 is 3.22. The number of nitrogens with zero attached hydrogens (tertiary/aromatic N) is 4. The highest BCUT2D eigenvalue weighted by atomic mass is 127. The van der Waals surface area contributed by atoms with Crippen molar-refractivity contribution in [1.82, 2.24) is 19.4 Å². The first-order valence-electron chi connectivity index (χ1n) is 9.49. The molecule has 0 saturated carbocycles. The number of benzene rings is 1. The first kappa shape index (κ1) is 19.8. The normalized spacial score (nSPS) is 11.1. The maximum absolute atomic E-state index is 13.2. The lowest BCUT2D eigenvalue weighted by atomic mass is 10.2. The van der Waals surface area contributed by atoms with Crippen LogP contribution in [-0.2, 0) is 13.1 Å². The van der Waals surface area contributed by atoms with E-state index in [1.54, 1.807) is 6.20 Å². The third-order valence-electron chi connectivity index (χ3n) is 4.50. The van der Waals surface area contributed by atoms with E-state index in [9.17, 15) is 4.79 Å². The third kappa shape index (κ3) is 4.66. The van der Waals surface area contributed by atoms with Crippen LogP contribution in [0.5, 0.6) is 0 Å². The summed E-state index contributed by atoms with van der Waals surface area (Å²) >= 11 is 2.24. The van der Waals surface area contributed by atoms with Gasteiger partial charge >= 0.3 is 0 Å². The molecule has 142 valence electrons. The molecular formula is C21H25IN4O. The summed E-state index contributed by atoms with van der Waals surface area (Å²) in [5.41, 5.74) is 2.51. The van der Waals surface area contributed by atoms with Gasteiger partial charge < -0.3 is 9.47 Å². The second-order valence-corrected chi connectivity index (χ2v) is 7.86. The molecule has 1 aromatic carbocycles. The number of pyridine rings is 1. The fourth-order valence-corrected chi connectivity index (χ4v) is 3.70. The Morgan fingerprint density at radius 1 is 1.19 bits per heavy atom. The van der Waals surface area contributed by atoms with Gasteiger partial charge in [-0.3, -0.25) is 4.79 Å². The van der Waals surface area contributed by atoms with E-state index in [2.05, 4.69) is 46.0 Å². The molecule has 0 N–H and O–H groups in total. The van der Waals surface area contributed by atoms with Gasteiger partial charge in [-0.2, -0.15) is 0 Å². The number of rotatable bonds is 8. The summed E-state index contributed by atoms with van der Waals surface area (Å²) in [6, 6.07) is 11.7. The second kappa shape index (κ2) is 9.30. The van der Waals surface area contributed by atoms with Crippen LogP contribution in [0.3, 0.4) is 0 Å². The van der Waals surface area contributed by atoms with Gasteiger partial charge in [-0.15, -0.1) is 0 Å². The summed E-state index contributed by atoms with van der Waals surface area (Å²) in [5, 5.41) is 0. The molecule has 6 heteroatoms. The Balaban J connectivity index is 1.93. The smallest absolute Gasteiger partial charge is 0.254 e. The van der Waals surface area contributed by atoms with E-state index in [1.165, 1.54) is 0 Å². The number of amides is 1. The van der Waals surface area contributed by atoms with Gasteiger partial charge in [-0.1, -0.05) is 26.3 Å². The lowest BCUT2D eigenvalue weighted by molar-refractivity contribution is 0.0734. The number of fused-ring (bicyclic) bond motifs is 1. The monoisotopic (exact) mass is 476 g/mol. The van der Waals surface area contributed by atoms with Gasteiger partial charge in [0.25, 0.3) is 5.91 Å². The molecule has 2 heterocycles. The fraction of sp³-hybridized carbons (Fsp3) is 0.381. The first-order valence-corrected chi connectivity index (χ1v) is 10.6. The Morgan fingerprint density at radius 3 is 2.78 bits per heavy atom. The van der Waals surface area contributed by atoms with Gasteiger partial charge in [-0.25, -0.2) is 9.97 Å². The molecule has 0 unspecified atom stereocenters. The van der Waals surface area contributed by atoms with Crippen molar-refractivity contribution in [3.8, 4) is 0 Å². The van der Waals surface area contributed by atoms with Gasteiger partial charge in [-0.05, 0) is 65.8 Å². The van der Waals surface area contributed by atoms with Crippen molar-refractivity contribution in [2.45, 2.75) is 46.2 Å². The number of halogens is 1. The highest BCUT2D eigenvalue weighted by Crippen LogP contribution is 2.18. The number of aryl methyl sites for hydroxylation is 1. The van der Waals surface area contributed by atoms with Crippen molar-refractivity contribution >= 4 is 39.7 Å². The van der Waals surface area contributed by atoms with E-state index in [-0.39, 0.29) is 5.91 Å². The molecule has 0 fully saturated rings. The van der Waals surface area contributed by atoms with Crippen molar-refractivity contribution < 1.29 is 4.79 Å². The molecule has 0 radical (unpaired) electrons. The molecule has 2 aromatic heterocycles. The van der Waals surface area contributed by atoms with Gasteiger partial charge in [0.2, 0.25) is 0 Å². The molecule has 0 saturated heterocycles. The zero-order valence-corrected chi connectivity index (χ0v) is 18.0. The van der Waals surface area contributed by atoms with E-state index < -0.39 is 0 Å². The zero-order chi connectivity index (χ0) is 19.2. The molecule has 3 rings (SSSR count). The lowest BCUT2D eigenvalue weighted by Crippen LogP contribution is -2.32. The van der Waals surface area contributed by atoms with E-state index in [4.69, 9.17) is 4.98 Å². The largest absolute Gasteiger partial charge is 0.331 e. The summed E-state index contributed by atoms with van der Waals surface area (Å²) in [7, 11) is 0. The van der Waals surface area contributed by atoms with E-state index in [0.29, 0.717) is 6.54 Å². The third-order valence-corrected chi connectivity index (χ3v) is 5.17. The highest BCUT2D eigenvalue weighted by molar-refractivity contribution is 14.1. The Labute approximate surface area is 173 Å². The van der Waals surface area contributed by atoms with Crippen molar-refractivity contribution in [2.24, 2.45) is 0 Å². The van der Waals surface area contributed by atoms with Crippen LogP contribution in [-0.4, -0.2) is 31.9 Å². The lowest BCUT2D eigenvalue weighted by Gasteiger charge is -2.23. The van der Waals surface area contributed by atoms with E-state index in [1.807, 2.05) is 41.3 Å². The topological polar surface area (TPSA) is 51.0 Å². The van der Waals surface area contributed by atoms with E-state index in [0.717, 1.165) is 58.5 Å². The Bertz CT molecular complexity index is 921. The molecule has 27 heavy (non-hydrogen) atoms. The molecule has 0 aliphatic carbocycles. The van der Waals surface area contributed by atoms with Crippen LogP contribution >= 0.6 is 22.6 Å². The van der Waals surface area contributed by atoms with Crippen molar-refractivity contribution in [2.75, 3.05) is 6.54 Å². The number of carbonyl (C=O) groups is 1. The number of hydrogen-bond acceptors (Lipinski definition) is 3. The molecule has 0 atom stereocenters. The average Bonchev–Trinajstić information content (AvgIpc) is 3.02. The van der Waals surface area contributed by atoms with Crippen molar-refractivity contribution in [3.63, 3.8) is 0 Å². The standard InChI is InChI=1S/C21H25IN4O/c1-3-5-13-25(21(27)16-8-6-9-17(22)14-16)15-19-24-18-10-7-11-23-20(18)26(19)12-4-2/h6-11,14H,3-5,12-13,15H2,1-2H3. The van der Waals surface area contributed by atoms with Gasteiger partial charge in [0, 0.05) is 28.4 Å². The molecule has 1 amide bonds. The minimum atomic E-state index is 0.0602. The van der Waals surface area contributed by atoms with Crippen LogP contribution in [0.1, 0.15) is 49.3 Å². The summed E-state index contributed by atoms with van der Waals surface area (Å²) in [6.45, 7) is 6.36. The maximum Gasteiger partial charge on any atom is 0.254 e. The van der Waals surface area contributed by atoms with Crippen molar-refractivity contribution in [1.29, 1.82) is 0 Å². The average molecular weight is 476 g/mol. The first-order chi connectivity index (χ1) is 13.1. The van der Waals surface area contributed by atoms with Crippen LogP contribution in [0.15, 0.2) is 42.6 Å². The minimum absolute atomic E-state index is 0.0602. The second-order valence-electron chi connectivity index (χ2n) is 6.62. The highest BCUT2D eigenvalue weighted by Gasteiger charge is 2.20. The number of aromatic nitrogens is 3. The van der Waals surface area contributed by atoms with Gasteiger partial charge in [0.15, 0.2) is 5.65 Å².